The normalized spacial score (nSPS) is 13.5. The van der Waals surface area contributed by atoms with Crippen LogP contribution < -0.4 is 9.47 Å². The van der Waals surface area contributed by atoms with Crippen molar-refractivity contribution in [2.24, 2.45) is 5.92 Å². The second kappa shape index (κ2) is 31.5. The second-order valence-corrected chi connectivity index (χ2v) is 15.0. The maximum absolute atomic E-state index is 12.9. The molecule has 1 aromatic rings. The van der Waals surface area contributed by atoms with E-state index < -0.39 is 0 Å². The average molecular weight is 746 g/mol. The predicted molar refractivity (Wildman–Crippen MR) is 212 cm³/mol. The average Bonchev–Trinajstić information content (AvgIpc) is 3.15. The first-order valence-electron chi connectivity index (χ1n) is 21.5. The molecular weight excluding hydrogens is 670 g/mol. The number of hydrogen-bond acceptors (Lipinski definition) is 9. The van der Waals surface area contributed by atoms with Crippen LogP contribution in [0.1, 0.15) is 174 Å². The van der Waals surface area contributed by atoms with Crippen LogP contribution in [0.15, 0.2) is 18.2 Å². The molecule has 0 aromatic heterocycles. The summed E-state index contributed by atoms with van der Waals surface area (Å²) in [5.41, 5.74) is 0.838. The Kier molecular flexibility index (Phi) is 27.6. The fourth-order valence-corrected chi connectivity index (χ4v) is 6.55. The van der Waals surface area contributed by atoms with Gasteiger partial charge in [0.25, 0.3) is 0 Å². The molecule has 1 aliphatic heterocycles. The Morgan fingerprint density at radius 2 is 1.09 bits per heavy atom. The molecule has 1 saturated heterocycles. The number of likely N-dealkylation sites (tertiary alicyclic amines) is 1. The third-order valence-electron chi connectivity index (χ3n) is 10.0. The molecule has 0 bridgehead atoms. The summed E-state index contributed by atoms with van der Waals surface area (Å²) in [7, 11) is 2.09. The van der Waals surface area contributed by atoms with Crippen molar-refractivity contribution < 1.29 is 38.1 Å². The minimum atomic E-state index is -0.128. The van der Waals surface area contributed by atoms with E-state index in [4.69, 9.17) is 23.7 Å². The molecule has 1 heterocycles. The molecule has 0 spiro atoms. The van der Waals surface area contributed by atoms with Gasteiger partial charge in [-0.15, -0.1) is 0 Å². The first-order chi connectivity index (χ1) is 25.9. The SMILES string of the molecule is CCCCCCCCCC(=O)OCCCCCCCCOc1ccc(OCCCCCCCCOC(=O)CCC)c(COC(=O)C2CCN(C)CC2)c1. The maximum Gasteiger partial charge on any atom is 0.309 e. The number of benzene rings is 1. The van der Waals surface area contributed by atoms with Crippen molar-refractivity contribution in [3.63, 3.8) is 0 Å². The molecule has 9 nitrogen and oxygen atoms in total. The highest BCUT2D eigenvalue weighted by atomic mass is 16.5. The predicted octanol–water partition coefficient (Wildman–Crippen LogP) is 10.5. The van der Waals surface area contributed by atoms with Gasteiger partial charge in [-0.25, -0.2) is 0 Å². The molecule has 0 saturated carbocycles. The van der Waals surface area contributed by atoms with Crippen LogP contribution in [0.2, 0.25) is 0 Å². The lowest BCUT2D eigenvalue weighted by Crippen LogP contribution is -2.34. The summed E-state index contributed by atoms with van der Waals surface area (Å²) in [5, 5.41) is 0. The van der Waals surface area contributed by atoms with Crippen molar-refractivity contribution in [1.82, 2.24) is 4.90 Å². The van der Waals surface area contributed by atoms with Gasteiger partial charge in [-0.1, -0.05) is 104 Å². The molecule has 1 aliphatic rings. The summed E-state index contributed by atoms with van der Waals surface area (Å²) in [4.78, 5) is 38.5. The number of piperidine rings is 1. The molecule has 0 atom stereocenters. The summed E-state index contributed by atoms with van der Waals surface area (Å²) in [6, 6.07) is 5.84. The third-order valence-corrected chi connectivity index (χ3v) is 10.0. The Morgan fingerprint density at radius 3 is 1.68 bits per heavy atom. The van der Waals surface area contributed by atoms with Crippen LogP contribution in [0.5, 0.6) is 11.5 Å². The summed E-state index contributed by atoms with van der Waals surface area (Å²) in [6.45, 7) is 8.51. The van der Waals surface area contributed by atoms with Gasteiger partial charge in [0, 0.05) is 18.4 Å². The van der Waals surface area contributed by atoms with Gasteiger partial charge in [0.15, 0.2) is 0 Å². The summed E-state index contributed by atoms with van der Waals surface area (Å²) >= 11 is 0. The number of rotatable bonds is 33. The minimum absolute atomic E-state index is 0.0448. The van der Waals surface area contributed by atoms with E-state index in [9.17, 15) is 14.4 Å². The lowest BCUT2D eigenvalue weighted by Gasteiger charge is -2.27. The molecule has 53 heavy (non-hydrogen) atoms. The number of unbranched alkanes of at least 4 members (excludes halogenated alkanes) is 16. The Labute approximate surface area is 322 Å². The Morgan fingerprint density at radius 1 is 0.585 bits per heavy atom. The zero-order valence-electron chi connectivity index (χ0n) is 33.9. The van der Waals surface area contributed by atoms with E-state index in [0.29, 0.717) is 39.3 Å². The first-order valence-corrected chi connectivity index (χ1v) is 21.5. The minimum Gasteiger partial charge on any atom is -0.494 e. The standard InChI is InChI=1S/C44H75NO8/c1-4-6-7-8-9-14-19-25-43(47)52-35-23-18-12-10-15-20-32-49-40-26-27-41(39(36-40)37-53-44(48)38-28-30-45(3)31-29-38)50-33-21-16-11-13-17-22-34-51-42(46)24-5-2/h26-27,36,38H,4-25,28-35,37H2,1-3H3. The van der Waals surface area contributed by atoms with E-state index >= 15 is 0 Å². The van der Waals surface area contributed by atoms with Crippen LogP contribution in [-0.2, 0) is 35.2 Å². The van der Waals surface area contributed by atoms with Crippen LogP contribution in [-0.4, -0.2) is 69.4 Å². The van der Waals surface area contributed by atoms with Crippen LogP contribution in [0.4, 0.5) is 0 Å². The molecule has 0 aliphatic carbocycles. The van der Waals surface area contributed by atoms with E-state index in [1.54, 1.807) is 0 Å². The van der Waals surface area contributed by atoms with Crippen molar-refractivity contribution in [2.45, 2.75) is 175 Å². The highest BCUT2D eigenvalue weighted by Crippen LogP contribution is 2.27. The molecule has 1 fully saturated rings. The largest absolute Gasteiger partial charge is 0.494 e. The van der Waals surface area contributed by atoms with Gasteiger partial charge in [0.2, 0.25) is 0 Å². The van der Waals surface area contributed by atoms with Gasteiger partial charge in [0.05, 0.1) is 32.3 Å². The fourth-order valence-electron chi connectivity index (χ4n) is 6.55. The number of carbonyl (C=O) groups excluding carboxylic acids is 3. The Hall–Kier alpha value is -2.81. The van der Waals surface area contributed by atoms with E-state index in [0.717, 1.165) is 139 Å². The highest BCUT2D eigenvalue weighted by Gasteiger charge is 2.25. The summed E-state index contributed by atoms with van der Waals surface area (Å²) in [5.74, 6) is 1.19. The molecular formula is C44H75NO8. The van der Waals surface area contributed by atoms with Gasteiger partial charge < -0.3 is 28.6 Å². The van der Waals surface area contributed by atoms with E-state index in [1.165, 1.54) is 32.1 Å². The molecule has 0 radical (unpaired) electrons. The van der Waals surface area contributed by atoms with Crippen LogP contribution in [0, 0.1) is 5.92 Å². The van der Waals surface area contributed by atoms with Crippen molar-refractivity contribution in [2.75, 3.05) is 46.6 Å². The number of carbonyl (C=O) groups is 3. The van der Waals surface area contributed by atoms with E-state index in [-0.39, 0.29) is 30.4 Å². The quantitative estimate of drug-likeness (QED) is 0.0395. The molecule has 1 aromatic carbocycles. The maximum atomic E-state index is 12.9. The van der Waals surface area contributed by atoms with Crippen LogP contribution >= 0.6 is 0 Å². The fraction of sp³-hybridized carbons (Fsp3) is 0.795. The van der Waals surface area contributed by atoms with Gasteiger partial charge in [-0.3, -0.25) is 14.4 Å². The number of ether oxygens (including phenoxy) is 5. The van der Waals surface area contributed by atoms with Crippen LogP contribution in [0.3, 0.4) is 0 Å². The Balaban J connectivity index is 1.63. The zero-order valence-corrected chi connectivity index (χ0v) is 33.9. The Bertz CT molecular complexity index is 1090. The summed E-state index contributed by atoms with van der Waals surface area (Å²) in [6.07, 6.45) is 24.6. The molecule has 0 amide bonds. The third kappa shape index (κ3) is 24.3. The monoisotopic (exact) mass is 746 g/mol. The molecule has 2 rings (SSSR count). The van der Waals surface area contributed by atoms with Crippen molar-refractivity contribution in [1.29, 1.82) is 0 Å². The van der Waals surface area contributed by atoms with Gasteiger partial charge in [0.1, 0.15) is 18.1 Å². The van der Waals surface area contributed by atoms with E-state index in [1.807, 2.05) is 25.1 Å². The number of esters is 3. The topological polar surface area (TPSA) is 101 Å². The molecule has 9 heteroatoms. The summed E-state index contributed by atoms with van der Waals surface area (Å²) < 4.78 is 28.8. The second-order valence-electron chi connectivity index (χ2n) is 15.0. The first kappa shape index (κ1) is 46.3. The van der Waals surface area contributed by atoms with Crippen LogP contribution in [0.25, 0.3) is 0 Å². The van der Waals surface area contributed by atoms with Crippen molar-refractivity contribution in [3.8, 4) is 11.5 Å². The smallest absolute Gasteiger partial charge is 0.309 e. The van der Waals surface area contributed by atoms with Crippen molar-refractivity contribution >= 4 is 17.9 Å². The molecule has 0 N–H and O–H groups in total. The molecule has 0 unspecified atom stereocenters. The lowest BCUT2D eigenvalue weighted by molar-refractivity contribution is -0.151. The van der Waals surface area contributed by atoms with Gasteiger partial charge in [-0.2, -0.15) is 0 Å². The lowest BCUT2D eigenvalue weighted by atomic mass is 9.97. The van der Waals surface area contributed by atoms with Crippen molar-refractivity contribution in [3.05, 3.63) is 23.8 Å². The zero-order chi connectivity index (χ0) is 38.2. The van der Waals surface area contributed by atoms with Gasteiger partial charge in [-0.05, 0) is 89.7 Å². The number of nitrogens with zero attached hydrogens (tertiary/aromatic N) is 1. The van der Waals surface area contributed by atoms with Gasteiger partial charge >= 0.3 is 17.9 Å². The van der Waals surface area contributed by atoms with E-state index in [2.05, 4.69) is 18.9 Å². The highest BCUT2D eigenvalue weighted by molar-refractivity contribution is 5.72. The number of hydrogen-bond donors (Lipinski definition) is 0. The molecule has 304 valence electrons.